The summed E-state index contributed by atoms with van der Waals surface area (Å²) in [6.07, 6.45) is 18.0. The molecule has 5 heterocycles. The summed E-state index contributed by atoms with van der Waals surface area (Å²) in [6, 6.07) is 21.2. The van der Waals surface area contributed by atoms with Crippen LogP contribution in [0.5, 0.6) is 0 Å². The number of carbonyl (C=O) groups excluding carboxylic acids is 6. The Balaban J connectivity index is 0.601. The van der Waals surface area contributed by atoms with E-state index in [2.05, 4.69) is 26.3 Å². The number of aromatic nitrogens is 2. The number of carbonyl (C=O) groups is 7. The average molecular weight is 1130 g/mol. The number of nitrogens with one attached hydrogen (secondary N) is 4. The van der Waals surface area contributed by atoms with E-state index in [-0.39, 0.29) is 52.3 Å². The standard InChI is InChI=1S/C63H72N10O8S/c1-38(45(34-64)42-22-24-51(69-54(42)59(79)80)72-29-26-40-16-14-17-43(46(40)35-72)55(75)71-61-68-47-19-10-11-21-50(47)82-61)67-37-63-32-39-30-41(63)33-62(31-39,36-63)60(81)66-28-13-9-7-5-3-2-4-6-8-12-27-65-48-20-15-18-44-53(48)58(78)73(57(44)77)49-23-25-52(74)70-56(49)76/h10-11,14-22,24,34,39,41,49,65H,2-9,12-13,23,25-33,35-37,64H2,1H3,(H,66,81)(H,79,80)(H,68,71,75)(H,70,74,76). The average Bonchev–Trinajstić information content (AvgIpc) is 4.18. The van der Waals surface area contributed by atoms with Crippen molar-refractivity contribution in [2.24, 2.45) is 33.4 Å². The van der Waals surface area contributed by atoms with Gasteiger partial charge in [-0.25, -0.2) is 14.8 Å². The van der Waals surface area contributed by atoms with Crippen LogP contribution >= 0.6 is 11.3 Å². The fourth-order valence-corrected chi connectivity index (χ4v) is 15.2. The van der Waals surface area contributed by atoms with Crippen LogP contribution in [0.4, 0.5) is 16.6 Å². The fraction of sp³-hybridized carbons (Fsp3) is 0.460. The molecule has 4 bridgehead atoms. The van der Waals surface area contributed by atoms with Gasteiger partial charge in [0.15, 0.2) is 10.8 Å². The van der Waals surface area contributed by atoms with Gasteiger partial charge in [-0.1, -0.05) is 93.0 Å². The number of carboxylic acid groups (broad SMARTS) is 1. The van der Waals surface area contributed by atoms with Crippen molar-refractivity contribution in [3.05, 3.63) is 118 Å². The maximum absolute atomic E-state index is 14.0. The minimum absolute atomic E-state index is 0.0809. The molecule has 0 spiro atoms. The zero-order valence-electron chi connectivity index (χ0n) is 46.5. The van der Waals surface area contributed by atoms with Crippen molar-refractivity contribution in [1.29, 1.82) is 0 Å². The SMILES string of the molecule is CC(=NCC12CC3CC1CC(C(=O)NCCCCCCCCCCCCNc1cccc4c1C(=O)N(C1CCC(=O)NC1=O)C4=O)(C3)C2)C(=CN)c1ccc(N2CCc3cccc(C(=O)Nc4nc5ccccc5s4)c3C2)nc1C(=O)O. The second kappa shape index (κ2) is 24.0. The molecule has 5 fully saturated rings. The van der Waals surface area contributed by atoms with Crippen molar-refractivity contribution in [1.82, 2.24) is 25.5 Å². The van der Waals surface area contributed by atoms with Crippen LogP contribution in [0.1, 0.15) is 174 Å². The molecule has 18 nitrogen and oxygen atoms in total. The predicted octanol–water partition coefficient (Wildman–Crippen LogP) is 9.69. The highest BCUT2D eigenvalue weighted by Gasteiger charge is 2.66. The molecule has 7 aliphatic rings. The van der Waals surface area contributed by atoms with Gasteiger partial charge in [0.2, 0.25) is 17.7 Å². The number of aromatic carboxylic acids is 1. The Morgan fingerprint density at radius 2 is 1.60 bits per heavy atom. The van der Waals surface area contributed by atoms with Crippen molar-refractivity contribution in [3.63, 3.8) is 0 Å². The zero-order valence-corrected chi connectivity index (χ0v) is 47.3. The van der Waals surface area contributed by atoms with Crippen molar-refractivity contribution < 1.29 is 38.7 Å². The Kier molecular flexibility index (Phi) is 16.4. The topological polar surface area (TPSA) is 258 Å². The molecule has 5 aromatic rings. The summed E-state index contributed by atoms with van der Waals surface area (Å²) < 4.78 is 0.984. The Morgan fingerprint density at radius 1 is 0.841 bits per heavy atom. The molecule has 82 heavy (non-hydrogen) atoms. The van der Waals surface area contributed by atoms with Gasteiger partial charge in [-0.15, -0.1) is 0 Å². The number of nitrogens with two attached hydrogens (primary N) is 1. The number of aliphatic imine (C=N–C) groups is 1. The molecule has 3 aromatic carbocycles. The Hall–Kier alpha value is -7.80. The van der Waals surface area contributed by atoms with E-state index in [0.29, 0.717) is 90.0 Å². The third kappa shape index (κ3) is 11.3. The second-order valence-corrected chi connectivity index (χ2v) is 24.6. The van der Waals surface area contributed by atoms with E-state index in [4.69, 9.17) is 15.7 Å². The molecule has 428 valence electrons. The number of piperidine rings is 1. The van der Waals surface area contributed by atoms with Crippen LogP contribution < -0.4 is 31.9 Å². The smallest absolute Gasteiger partial charge is 0.355 e. The lowest BCUT2D eigenvalue weighted by Gasteiger charge is -2.39. The molecule has 3 aliphatic heterocycles. The second-order valence-electron chi connectivity index (χ2n) is 23.5. The summed E-state index contributed by atoms with van der Waals surface area (Å²) in [7, 11) is 0. The molecule has 1 saturated heterocycles. The van der Waals surface area contributed by atoms with E-state index < -0.39 is 35.6 Å². The number of amides is 6. The number of hydrogen-bond acceptors (Lipinski definition) is 14. The number of imide groups is 2. The molecule has 19 heteroatoms. The first kappa shape index (κ1) is 56.1. The minimum Gasteiger partial charge on any atom is -0.476 e. The first-order valence-corrected chi connectivity index (χ1v) is 30.1. The van der Waals surface area contributed by atoms with Gasteiger partial charge in [0.1, 0.15) is 11.9 Å². The monoisotopic (exact) mass is 1130 g/mol. The summed E-state index contributed by atoms with van der Waals surface area (Å²) in [5, 5.41) is 23.0. The molecule has 12 rings (SSSR count). The highest BCUT2D eigenvalue weighted by molar-refractivity contribution is 7.22. The van der Waals surface area contributed by atoms with Gasteiger partial charge < -0.3 is 26.4 Å². The van der Waals surface area contributed by atoms with Crippen LogP contribution in [-0.4, -0.2) is 99.3 Å². The number of thiazole rings is 1. The van der Waals surface area contributed by atoms with E-state index in [0.717, 1.165) is 103 Å². The van der Waals surface area contributed by atoms with Gasteiger partial charge in [0, 0.05) is 73.4 Å². The third-order valence-electron chi connectivity index (χ3n) is 18.3. The number of para-hydroxylation sites is 1. The lowest BCUT2D eigenvalue weighted by Crippen LogP contribution is -2.54. The van der Waals surface area contributed by atoms with Crippen LogP contribution in [0.3, 0.4) is 0 Å². The molecule has 5 atom stereocenters. The number of rotatable bonds is 24. The number of benzene rings is 3. The van der Waals surface area contributed by atoms with Crippen LogP contribution in [0.15, 0.2) is 84.0 Å². The van der Waals surface area contributed by atoms with Crippen molar-refractivity contribution in [2.45, 2.75) is 135 Å². The first-order chi connectivity index (χ1) is 39.7. The largest absolute Gasteiger partial charge is 0.476 e. The van der Waals surface area contributed by atoms with Gasteiger partial charge in [0.25, 0.3) is 17.7 Å². The highest BCUT2D eigenvalue weighted by atomic mass is 32.1. The Bertz CT molecular complexity index is 3400. The van der Waals surface area contributed by atoms with Crippen molar-refractivity contribution in [2.75, 3.05) is 41.7 Å². The number of allylic oxidation sites excluding steroid dienone is 1. The van der Waals surface area contributed by atoms with Crippen molar-refractivity contribution >= 4 is 90.9 Å². The molecule has 4 saturated carbocycles. The first-order valence-electron chi connectivity index (χ1n) is 29.3. The maximum Gasteiger partial charge on any atom is 0.355 e. The number of fused-ring (bicyclic) bond motifs is 3. The van der Waals surface area contributed by atoms with E-state index in [1.807, 2.05) is 60.4 Å². The molecule has 4 aliphatic carbocycles. The number of hydrogen-bond donors (Lipinski definition) is 6. The van der Waals surface area contributed by atoms with Gasteiger partial charge in [-0.05, 0) is 136 Å². The van der Waals surface area contributed by atoms with E-state index in [9.17, 15) is 38.7 Å². The lowest BCUT2D eigenvalue weighted by molar-refractivity contribution is -0.136. The van der Waals surface area contributed by atoms with Gasteiger partial charge in [0.05, 0.1) is 26.8 Å². The number of pyridine rings is 1. The third-order valence-corrected chi connectivity index (χ3v) is 19.2. The molecule has 2 aromatic heterocycles. The Labute approximate surface area is 481 Å². The number of nitrogens with zero attached hydrogens (tertiary/aromatic N) is 5. The van der Waals surface area contributed by atoms with Crippen LogP contribution in [0.25, 0.3) is 15.8 Å². The van der Waals surface area contributed by atoms with Crippen LogP contribution in [-0.2, 0) is 27.3 Å². The normalized spacial score (nSPS) is 22.9. The van der Waals surface area contributed by atoms with Crippen LogP contribution in [0.2, 0.25) is 0 Å². The summed E-state index contributed by atoms with van der Waals surface area (Å²) in [5.74, 6) is -1.88. The molecule has 7 N–H and O–H groups in total. The van der Waals surface area contributed by atoms with Crippen molar-refractivity contribution in [3.8, 4) is 0 Å². The van der Waals surface area contributed by atoms with E-state index >= 15 is 0 Å². The number of anilines is 3. The van der Waals surface area contributed by atoms with Crippen LogP contribution in [0, 0.1) is 22.7 Å². The minimum atomic E-state index is -1.18. The highest BCUT2D eigenvalue weighted by Crippen LogP contribution is 2.70. The fourth-order valence-electron chi connectivity index (χ4n) is 14.4. The Morgan fingerprint density at radius 3 is 2.35 bits per heavy atom. The molecule has 5 unspecified atom stereocenters. The summed E-state index contributed by atoms with van der Waals surface area (Å²) in [6.45, 7) is 4.73. The molecular formula is C63H72N10O8S. The van der Waals surface area contributed by atoms with Gasteiger partial charge in [-0.2, -0.15) is 0 Å². The molecule has 6 amide bonds. The van der Waals surface area contributed by atoms with Gasteiger partial charge >= 0.3 is 5.97 Å². The summed E-state index contributed by atoms with van der Waals surface area (Å²) in [4.78, 5) is 109. The predicted molar refractivity (Wildman–Crippen MR) is 316 cm³/mol. The van der Waals surface area contributed by atoms with E-state index in [1.165, 1.54) is 36.8 Å². The maximum atomic E-state index is 14.0. The number of unbranched alkanes of at least 4 members (excludes halogenated alkanes) is 9. The summed E-state index contributed by atoms with van der Waals surface area (Å²) in [5.41, 5.74) is 11.7. The molecule has 0 radical (unpaired) electrons. The quantitative estimate of drug-likeness (QED) is 0.0191. The number of carboxylic acids is 1. The zero-order chi connectivity index (χ0) is 57.1. The lowest BCUT2D eigenvalue weighted by atomic mass is 9.66. The summed E-state index contributed by atoms with van der Waals surface area (Å²) >= 11 is 1.42. The van der Waals surface area contributed by atoms with Gasteiger partial charge in [-0.3, -0.25) is 49.3 Å². The molecular weight excluding hydrogens is 1060 g/mol. The van der Waals surface area contributed by atoms with E-state index in [1.54, 1.807) is 24.3 Å².